The molecule has 0 saturated heterocycles. The molecule has 274 valence electrons. The monoisotopic (exact) mass is 727 g/mol. The van der Waals surface area contributed by atoms with Gasteiger partial charge in [0.25, 0.3) is 6.43 Å². The molecule has 0 unspecified atom stereocenters. The lowest BCUT2D eigenvalue weighted by atomic mass is 9.98. The van der Waals surface area contributed by atoms with Crippen LogP contribution >= 0.6 is 11.6 Å². The van der Waals surface area contributed by atoms with Crippen LogP contribution in [-0.4, -0.2) is 72.6 Å². The van der Waals surface area contributed by atoms with E-state index in [4.69, 9.17) is 11.6 Å². The highest BCUT2D eigenvalue weighted by Crippen LogP contribution is 2.37. The van der Waals surface area contributed by atoms with E-state index in [1.54, 1.807) is 30.3 Å². The highest BCUT2D eigenvalue weighted by molar-refractivity contribution is 6.34. The summed E-state index contributed by atoms with van der Waals surface area (Å²) in [6.07, 6.45) is -0.839. The third-order valence-corrected chi connectivity index (χ3v) is 8.27. The van der Waals surface area contributed by atoms with Gasteiger partial charge >= 0.3 is 12.2 Å². The maximum absolute atomic E-state index is 13.5. The third-order valence-electron chi connectivity index (χ3n) is 7.95. The molecule has 0 aliphatic heterocycles. The summed E-state index contributed by atoms with van der Waals surface area (Å²) < 4.78 is 68.0. The van der Waals surface area contributed by atoms with Crippen LogP contribution in [0.3, 0.4) is 0 Å². The summed E-state index contributed by atoms with van der Waals surface area (Å²) in [5, 5.41) is 19.6. The van der Waals surface area contributed by atoms with E-state index < -0.39 is 30.4 Å². The average molecular weight is 728 g/mol. The van der Waals surface area contributed by atoms with Crippen LogP contribution in [0.25, 0.3) is 16.9 Å². The zero-order valence-corrected chi connectivity index (χ0v) is 29.4. The van der Waals surface area contributed by atoms with Crippen molar-refractivity contribution in [1.82, 2.24) is 29.4 Å². The number of benzene rings is 1. The topological polar surface area (TPSA) is 117 Å². The van der Waals surface area contributed by atoms with Gasteiger partial charge in [0.05, 0.1) is 33.8 Å². The highest BCUT2D eigenvalue weighted by atomic mass is 35.5. The van der Waals surface area contributed by atoms with Gasteiger partial charge in [-0.2, -0.15) is 18.3 Å². The molecule has 50 heavy (non-hydrogen) atoms. The van der Waals surface area contributed by atoms with E-state index in [1.165, 1.54) is 23.7 Å². The number of hydrogen-bond donors (Lipinski definition) is 3. The molecule has 0 aliphatic carbocycles. The second-order valence-electron chi connectivity index (χ2n) is 11.7. The number of anilines is 2. The number of amides is 2. The molecule has 0 radical (unpaired) electrons. The predicted molar refractivity (Wildman–Crippen MR) is 183 cm³/mol. The largest absolute Gasteiger partial charge is 0.435 e. The molecule has 4 aromatic rings. The Balaban J connectivity index is 0.000000338. The van der Waals surface area contributed by atoms with E-state index in [9.17, 15) is 36.6 Å². The molecule has 10 nitrogen and oxygen atoms in total. The van der Waals surface area contributed by atoms with Crippen molar-refractivity contribution in [2.45, 2.75) is 85.0 Å². The number of imidazole rings is 1. The van der Waals surface area contributed by atoms with E-state index in [0.717, 1.165) is 32.1 Å². The van der Waals surface area contributed by atoms with Crippen molar-refractivity contribution in [1.29, 1.82) is 0 Å². The summed E-state index contributed by atoms with van der Waals surface area (Å²) in [4.78, 5) is 29.5. The van der Waals surface area contributed by atoms with Gasteiger partial charge in [-0.1, -0.05) is 39.3 Å². The van der Waals surface area contributed by atoms with Crippen molar-refractivity contribution in [3.05, 3.63) is 65.2 Å². The molecule has 4 rings (SSSR count). The smallest absolute Gasteiger partial charge is 0.388 e. The first-order chi connectivity index (χ1) is 23.6. The van der Waals surface area contributed by atoms with Crippen molar-refractivity contribution in [2.75, 3.05) is 25.0 Å². The number of aromatic nitrogens is 4. The van der Waals surface area contributed by atoms with Crippen molar-refractivity contribution in [2.24, 2.45) is 0 Å². The van der Waals surface area contributed by atoms with Gasteiger partial charge in [-0.15, -0.1) is 0 Å². The number of urea groups is 1. The number of nitrogens with one attached hydrogen (secondary N) is 2. The molecule has 0 spiro atoms. The maximum atomic E-state index is 13.5. The number of pyridine rings is 1. The van der Waals surface area contributed by atoms with Crippen LogP contribution < -0.4 is 10.6 Å². The number of alkyl halides is 5. The highest BCUT2D eigenvalue weighted by Gasteiger charge is 2.38. The number of carbonyl (C=O) groups is 2. The fraction of sp³-hybridized carbons (Fsp3) is 0.471. The Morgan fingerprint density at radius 1 is 1.06 bits per heavy atom. The molecule has 0 aliphatic rings. The Kier molecular flexibility index (Phi) is 14.2. The first-order valence-corrected chi connectivity index (χ1v) is 16.7. The first-order valence-electron chi connectivity index (χ1n) is 16.3. The zero-order valence-electron chi connectivity index (χ0n) is 28.6. The quantitative estimate of drug-likeness (QED) is 0.0887. The minimum Gasteiger partial charge on any atom is -0.388 e. The molecule has 0 atom stereocenters. The number of fused-ring (bicyclic) bond motifs is 1. The molecule has 0 bridgehead atoms. The summed E-state index contributed by atoms with van der Waals surface area (Å²) in [6, 6.07) is 7.91. The van der Waals surface area contributed by atoms with E-state index in [1.807, 2.05) is 18.7 Å². The number of aliphatic hydroxyl groups is 1. The standard InChI is InChI=1S/C21H15ClF5N5O.C13H28N2O2/c1-11(33)13-5-4-12(7-15(13)22)29-16-3-2-6-32-17(8-28-20(16)32)14-9-31(10-18(23)24)30-19(14)21(25,26)27;1-5-9-15(10-6-2)12(16)14-11-13(17,7-3)8-4/h2-9,18,29H,10H2,1H3;17H,5-11H2,1-4H3,(H,14,16). The summed E-state index contributed by atoms with van der Waals surface area (Å²) >= 11 is 6.14. The minimum absolute atomic E-state index is 0.0338. The summed E-state index contributed by atoms with van der Waals surface area (Å²) in [5.74, 6) is -0.195. The number of ketones is 1. The van der Waals surface area contributed by atoms with E-state index in [2.05, 4.69) is 34.6 Å². The Morgan fingerprint density at radius 2 is 1.72 bits per heavy atom. The molecular formula is C34H43ClF5N7O3. The molecule has 2 amide bonds. The normalized spacial score (nSPS) is 11.8. The van der Waals surface area contributed by atoms with Crippen LogP contribution in [0.4, 0.5) is 38.1 Å². The van der Waals surface area contributed by atoms with Crippen LogP contribution in [0.2, 0.25) is 5.02 Å². The Labute approximate surface area is 292 Å². The lowest BCUT2D eigenvalue weighted by Gasteiger charge is -2.28. The maximum Gasteiger partial charge on any atom is 0.435 e. The molecule has 3 N–H and O–H groups in total. The number of Topliss-reactive ketones (excluding diaryl/α,β-unsaturated/α-hetero) is 1. The van der Waals surface area contributed by atoms with Gasteiger partial charge < -0.3 is 20.6 Å². The molecule has 0 saturated carbocycles. The summed E-state index contributed by atoms with van der Waals surface area (Å²) in [6.45, 7) is 10.3. The van der Waals surface area contributed by atoms with Crippen molar-refractivity contribution >= 4 is 40.4 Å². The van der Waals surface area contributed by atoms with E-state index in [0.29, 0.717) is 41.0 Å². The average Bonchev–Trinajstić information content (AvgIpc) is 3.68. The van der Waals surface area contributed by atoms with E-state index >= 15 is 0 Å². The number of rotatable bonds is 14. The van der Waals surface area contributed by atoms with E-state index in [-0.39, 0.29) is 33.7 Å². The Bertz CT molecular complexity index is 1730. The molecule has 1 aromatic carbocycles. The number of nitrogens with zero attached hydrogens (tertiary/aromatic N) is 5. The van der Waals surface area contributed by atoms with Crippen LogP contribution in [0, 0.1) is 0 Å². The van der Waals surface area contributed by atoms with Crippen LogP contribution in [0.5, 0.6) is 0 Å². The number of carbonyl (C=O) groups excluding carboxylic acids is 2. The fourth-order valence-electron chi connectivity index (χ4n) is 5.10. The summed E-state index contributed by atoms with van der Waals surface area (Å²) in [5.41, 5.74) is -0.770. The second-order valence-corrected chi connectivity index (χ2v) is 12.1. The van der Waals surface area contributed by atoms with Crippen LogP contribution in [0.1, 0.15) is 76.4 Å². The predicted octanol–water partition coefficient (Wildman–Crippen LogP) is 8.45. The summed E-state index contributed by atoms with van der Waals surface area (Å²) in [7, 11) is 0. The van der Waals surface area contributed by atoms with Gasteiger partial charge in [-0.3, -0.25) is 13.9 Å². The number of halogens is 6. The SMILES string of the molecule is CC(=O)c1ccc(Nc2cccn3c(-c4cn(CC(F)F)nc4C(F)(F)F)cnc23)cc1Cl.CCCN(CCC)C(=O)NCC(O)(CC)CC. The molecule has 3 heterocycles. The lowest BCUT2D eigenvalue weighted by Crippen LogP contribution is -2.47. The molecular weight excluding hydrogens is 685 g/mol. The second kappa shape index (κ2) is 17.6. The van der Waals surface area contributed by atoms with Gasteiger partial charge in [0, 0.05) is 43.3 Å². The van der Waals surface area contributed by atoms with Gasteiger partial charge in [0.2, 0.25) is 0 Å². The van der Waals surface area contributed by atoms with Gasteiger partial charge in [0.1, 0.15) is 6.54 Å². The fourth-order valence-corrected chi connectivity index (χ4v) is 5.42. The van der Waals surface area contributed by atoms with Gasteiger partial charge in [-0.05, 0) is 62.9 Å². The Hall–Kier alpha value is -4.24. The first kappa shape index (κ1) is 40.2. The molecule has 16 heteroatoms. The zero-order chi connectivity index (χ0) is 37.2. The Morgan fingerprint density at radius 3 is 2.26 bits per heavy atom. The third kappa shape index (κ3) is 10.4. The lowest BCUT2D eigenvalue weighted by molar-refractivity contribution is -0.141. The molecule has 0 fully saturated rings. The molecule has 3 aromatic heterocycles. The van der Waals surface area contributed by atoms with Crippen LogP contribution in [-0.2, 0) is 12.7 Å². The van der Waals surface area contributed by atoms with Gasteiger partial charge in [-0.25, -0.2) is 18.6 Å². The number of hydrogen-bond acceptors (Lipinski definition) is 6. The van der Waals surface area contributed by atoms with Crippen LogP contribution in [0.15, 0.2) is 48.9 Å². The minimum atomic E-state index is -4.85. The van der Waals surface area contributed by atoms with Crippen molar-refractivity contribution in [3.8, 4) is 11.3 Å². The van der Waals surface area contributed by atoms with Gasteiger partial charge in [0.15, 0.2) is 17.1 Å². The van der Waals surface area contributed by atoms with Crippen molar-refractivity contribution in [3.63, 3.8) is 0 Å². The van der Waals surface area contributed by atoms with Crippen molar-refractivity contribution < 1.29 is 36.6 Å².